The molecule has 3 heterocycles. The molecule has 0 spiro atoms. The third-order valence-electron chi connectivity index (χ3n) is 7.08. The van der Waals surface area contributed by atoms with Crippen LogP contribution in [0.4, 0.5) is 0 Å². The molecule has 7 nitrogen and oxygen atoms in total. The van der Waals surface area contributed by atoms with Crippen LogP contribution in [0.2, 0.25) is 0 Å². The highest BCUT2D eigenvalue weighted by molar-refractivity contribution is 5.98. The summed E-state index contributed by atoms with van der Waals surface area (Å²) in [4.78, 5) is 22.4. The van der Waals surface area contributed by atoms with Gasteiger partial charge in [0.05, 0.1) is 17.3 Å². The van der Waals surface area contributed by atoms with Crippen molar-refractivity contribution in [2.24, 2.45) is 0 Å². The van der Waals surface area contributed by atoms with Crippen molar-refractivity contribution in [3.8, 4) is 17.1 Å². The fourth-order valence-corrected chi connectivity index (χ4v) is 4.71. The molecule has 7 heteroatoms. The second-order valence-corrected chi connectivity index (χ2v) is 9.60. The molecule has 1 amide bonds. The third kappa shape index (κ3) is 4.17. The van der Waals surface area contributed by atoms with Gasteiger partial charge in [0.2, 0.25) is 0 Å². The number of carbonyl (C=O) groups excluding carboxylic acids is 1. The predicted molar refractivity (Wildman–Crippen MR) is 133 cm³/mol. The van der Waals surface area contributed by atoms with Crippen LogP contribution in [-0.4, -0.2) is 35.1 Å². The van der Waals surface area contributed by atoms with Gasteiger partial charge in [0.1, 0.15) is 12.4 Å². The Kier molecular flexibility index (Phi) is 5.29. The smallest absolute Gasteiger partial charge is 0.252 e. The topological polar surface area (TPSA) is 89.3 Å². The average molecular weight is 469 g/mol. The van der Waals surface area contributed by atoms with E-state index < -0.39 is 5.54 Å². The zero-order chi connectivity index (χ0) is 24.0. The van der Waals surface area contributed by atoms with Gasteiger partial charge in [0.15, 0.2) is 11.7 Å². The van der Waals surface area contributed by atoms with E-state index in [2.05, 4.69) is 32.7 Å². The van der Waals surface area contributed by atoms with Gasteiger partial charge >= 0.3 is 0 Å². The van der Waals surface area contributed by atoms with E-state index in [9.17, 15) is 4.79 Å². The van der Waals surface area contributed by atoms with E-state index in [1.165, 1.54) is 0 Å². The van der Waals surface area contributed by atoms with E-state index in [4.69, 9.17) is 9.15 Å². The molecule has 6 rings (SSSR count). The molecule has 2 aromatic heterocycles. The summed E-state index contributed by atoms with van der Waals surface area (Å²) >= 11 is 0. The predicted octanol–water partition coefficient (Wildman–Crippen LogP) is 4.67. The summed E-state index contributed by atoms with van der Waals surface area (Å²) in [6.45, 7) is 5.44. The van der Waals surface area contributed by atoms with Crippen molar-refractivity contribution in [3.05, 3.63) is 77.4 Å². The number of hydrogen-bond donors (Lipinski definition) is 2. The molecule has 1 atom stereocenters. The number of aromatic nitrogens is 2. The first kappa shape index (κ1) is 21.8. The number of oxazole rings is 1. The maximum absolute atomic E-state index is 13.5. The van der Waals surface area contributed by atoms with E-state index in [1.807, 2.05) is 44.2 Å². The largest absolute Gasteiger partial charge is 0.492 e. The zero-order valence-corrected chi connectivity index (χ0v) is 19.9. The van der Waals surface area contributed by atoms with Gasteiger partial charge in [-0.3, -0.25) is 9.78 Å². The lowest BCUT2D eigenvalue weighted by atomic mass is 9.95. The fraction of sp³-hybridized carbons (Fsp3) is 0.321. The van der Waals surface area contributed by atoms with Crippen LogP contribution < -0.4 is 15.4 Å². The summed E-state index contributed by atoms with van der Waals surface area (Å²) in [6, 6.07) is 14.2. The number of carbonyl (C=O) groups is 1. The molecule has 1 aliphatic heterocycles. The Morgan fingerprint density at radius 1 is 1.20 bits per heavy atom. The Balaban J connectivity index is 1.31. The van der Waals surface area contributed by atoms with Crippen molar-refractivity contribution in [1.82, 2.24) is 20.6 Å². The van der Waals surface area contributed by atoms with Crippen LogP contribution in [-0.2, 0) is 5.54 Å². The Bertz CT molecular complexity index is 1420. The summed E-state index contributed by atoms with van der Waals surface area (Å²) < 4.78 is 11.7. The number of fused-ring (bicyclic) bond motifs is 1. The normalized spacial score (nSPS) is 18.2. The zero-order valence-electron chi connectivity index (χ0n) is 19.9. The number of amides is 1. The highest BCUT2D eigenvalue weighted by Gasteiger charge is 2.47. The quantitative estimate of drug-likeness (QED) is 0.410. The van der Waals surface area contributed by atoms with Crippen molar-refractivity contribution < 1.29 is 13.9 Å². The number of ether oxygens (including phenoxy) is 1. The molecule has 35 heavy (non-hydrogen) atoms. The first-order valence-electron chi connectivity index (χ1n) is 12.1. The van der Waals surface area contributed by atoms with Crippen molar-refractivity contribution in [2.45, 2.75) is 44.7 Å². The molecule has 2 N–H and O–H groups in total. The van der Waals surface area contributed by atoms with Crippen LogP contribution in [0.25, 0.3) is 22.2 Å². The minimum atomic E-state index is -0.442. The molecule has 178 valence electrons. The average Bonchev–Trinajstić information content (AvgIpc) is 3.48. The first-order chi connectivity index (χ1) is 17.0. The minimum Gasteiger partial charge on any atom is -0.492 e. The number of rotatable bonds is 7. The van der Waals surface area contributed by atoms with Gasteiger partial charge in [0, 0.05) is 35.7 Å². The lowest BCUT2D eigenvalue weighted by Gasteiger charge is -2.27. The molecule has 2 aromatic carbocycles. The second kappa shape index (κ2) is 8.50. The molecule has 1 unspecified atom stereocenters. The Labute approximate surface area is 203 Å². The Morgan fingerprint density at radius 2 is 2.06 bits per heavy atom. The SMILES string of the molecule is Cc1ncc(-c2cc(C3(NC(=O)c4cc(OCC5CCN5)ccc4C)CC3)c3cccnc3c2)o1. The summed E-state index contributed by atoms with van der Waals surface area (Å²) in [6.07, 6.45) is 6.37. The lowest BCUT2D eigenvalue weighted by molar-refractivity contribution is 0.0930. The molecule has 2 aliphatic rings. The monoisotopic (exact) mass is 468 g/mol. The lowest BCUT2D eigenvalue weighted by Crippen LogP contribution is -2.46. The maximum atomic E-state index is 13.5. The van der Waals surface area contributed by atoms with Gasteiger partial charge in [-0.1, -0.05) is 12.1 Å². The number of aryl methyl sites for hydroxylation is 2. The van der Waals surface area contributed by atoms with Crippen LogP contribution in [0, 0.1) is 13.8 Å². The molecule has 4 aromatic rings. The molecule has 0 bridgehead atoms. The third-order valence-corrected chi connectivity index (χ3v) is 7.08. The maximum Gasteiger partial charge on any atom is 0.252 e. The van der Waals surface area contributed by atoms with E-state index in [-0.39, 0.29) is 5.91 Å². The standard InChI is InChI=1S/C28H28N4O3/c1-17-5-6-21(34-16-20-7-11-29-20)14-23(17)27(33)32-28(8-9-28)24-12-19(26-15-31-18(2)35-26)13-25-22(24)4-3-10-30-25/h3-6,10,12-15,20,29H,7-9,11,16H2,1-2H3,(H,32,33). The van der Waals surface area contributed by atoms with E-state index in [1.54, 1.807) is 12.4 Å². The van der Waals surface area contributed by atoms with Crippen molar-refractivity contribution in [2.75, 3.05) is 13.2 Å². The minimum absolute atomic E-state index is 0.0924. The fourth-order valence-electron chi connectivity index (χ4n) is 4.71. The van der Waals surface area contributed by atoms with Gasteiger partial charge in [-0.2, -0.15) is 0 Å². The number of pyridine rings is 1. The molecule has 1 saturated carbocycles. The summed E-state index contributed by atoms with van der Waals surface area (Å²) in [5, 5.41) is 7.72. The number of benzene rings is 2. The van der Waals surface area contributed by atoms with Crippen LogP contribution in [0.3, 0.4) is 0 Å². The van der Waals surface area contributed by atoms with E-state index >= 15 is 0 Å². The van der Waals surface area contributed by atoms with Gasteiger partial charge in [-0.05, 0) is 74.2 Å². The molecular weight excluding hydrogens is 440 g/mol. The highest BCUT2D eigenvalue weighted by atomic mass is 16.5. The molecule has 1 saturated heterocycles. The summed E-state index contributed by atoms with van der Waals surface area (Å²) in [5.74, 6) is 1.93. The number of nitrogens with one attached hydrogen (secondary N) is 2. The second-order valence-electron chi connectivity index (χ2n) is 9.60. The Hall–Kier alpha value is -3.71. The van der Waals surface area contributed by atoms with E-state index in [0.29, 0.717) is 29.9 Å². The van der Waals surface area contributed by atoms with Crippen LogP contribution >= 0.6 is 0 Å². The van der Waals surface area contributed by atoms with Gasteiger partial charge in [0.25, 0.3) is 5.91 Å². The molecule has 0 radical (unpaired) electrons. The van der Waals surface area contributed by atoms with Crippen molar-refractivity contribution >= 4 is 16.8 Å². The first-order valence-corrected chi connectivity index (χ1v) is 12.1. The number of nitrogens with zero attached hydrogens (tertiary/aromatic N) is 2. The van der Waals surface area contributed by atoms with Crippen molar-refractivity contribution in [1.29, 1.82) is 0 Å². The van der Waals surface area contributed by atoms with Crippen LogP contribution in [0.1, 0.15) is 46.6 Å². The van der Waals surface area contributed by atoms with Crippen LogP contribution in [0.15, 0.2) is 59.3 Å². The molecule has 1 aliphatic carbocycles. The molecule has 2 fully saturated rings. The van der Waals surface area contributed by atoms with Gasteiger partial charge < -0.3 is 19.8 Å². The van der Waals surface area contributed by atoms with Crippen LogP contribution in [0.5, 0.6) is 5.75 Å². The van der Waals surface area contributed by atoms with E-state index in [0.717, 1.165) is 59.2 Å². The van der Waals surface area contributed by atoms with Crippen molar-refractivity contribution in [3.63, 3.8) is 0 Å². The highest BCUT2D eigenvalue weighted by Crippen LogP contribution is 2.49. The van der Waals surface area contributed by atoms with Gasteiger partial charge in [-0.15, -0.1) is 0 Å². The molecular formula is C28H28N4O3. The van der Waals surface area contributed by atoms with Gasteiger partial charge in [-0.25, -0.2) is 4.98 Å². The Morgan fingerprint density at radius 3 is 2.77 bits per heavy atom. The number of hydrogen-bond acceptors (Lipinski definition) is 6. The summed E-state index contributed by atoms with van der Waals surface area (Å²) in [5.41, 5.74) is 3.95. The summed E-state index contributed by atoms with van der Waals surface area (Å²) in [7, 11) is 0.